The highest BCUT2D eigenvalue weighted by Gasteiger charge is 2.04. The number of aryl methyl sites for hydroxylation is 1. The lowest BCUT2D eigenvalue weighted by molar-refractivity contribution is 0.632. The maximum Gasteiger partial charge on any atom is 0.191 e. The summed E-state index contributed by atoms with van der Waals surface area (Å²) in [6, 6.07) is 4.16. The third-order valence-electron chi connectivity index (χ3n) is 4.32. The highest BCUT2D eigenvalue weighted by molar-refractivity contribution is 5.79. The van der Waals surface area contributed by atoms with Gasteiger partial charge in [-0.2, -0.15) is 0 Å². The average Bonchev–Trinajstić information content (AvgIpc) is 3.15. The molecule has 0 saturated carbocycles. The molecule has 0 saturated heterocycles. The smallest absolute Gasteiger partial charge is 0.191 e. The number of aromatic nitrogens is 4. The van der Waals surface area contributed by atoms with Crippen molar-refractivity contribution in [2.45, 2.75) is 47.2 Å². The Balaban J connectivity index is 1.90. The van der Waals surface area contributed by atoms with Crippen molar-refractivity contribution in [2.75, 3.05) is 31.1 Å². The quantitative estimate of drug-likeness (QED) is 0.489. The third kappa shape index (κ3) is 6.23. The van der Waals surface area contributed by atoms with Crippen LogP contribution in [-0.4, -0.2) is 51.9 Å². The summed E-state index contributed by atoms with van der Waals surface area (Å²) in [7, 11) is 0. The Labute approximate surface area is 162 Å². The van der Waals surface area contributed by atoms with Gasteiger partial charge in [0.1, 0.15) is 18.0 Å². The molecule has 2 aromatic heterocycles. The summed E-state index contributed by atoms with van der Waals surface area (Å²) in [5.74, 6) is 2.81. The molecular weight excluding hydrogens is 340 g/mol. The van der Waals surface area contributed by atoms with Gasteiger partial charge in [-0.1, -0.05) is 13.0 Å². The summed E-state index contributed by atoms with van der Waals surface area (Å²) in [6.45, 7) is 13.3. The van der Waals surface area contributed by atoms with Gasteiger partial charge in [0.15, 0.2) is 5.96 Å². The molecule has 2 aromatic rings. The van der Waals surface area contributed by atoms with Gasteiger partial charge in [0.25, 0.3) is 0 Å². The molecule has 0 unspecified atom stereocenters. The molecule has 0 fully saturated rings. The first-order valence-electron chi connectivity index (χ1n) is 9.80. The molecule has 0 aliphatic rings. The number of pyridine rings is 1. The molecular formula is C19H32N8. The summed E-state index contributed by atoms with van der Waals surface area (Å²) < 4.78 is 2.06. The third-order valence-corrected chi connectivity index (χ3v) is 4.32. The fraction of sp³-hybridized carbons (Fsp3) is 0.579. The molecule has 27 heavy (non-hydrogen) atoms. The van der Waals surface area contributed by atoms with Gasteiger partial charge in [0, 0.05) is 45.3 Å². The minimum absolute atomic E-state index is 0.591. The predicted octanol–water partition coefficient (Wildman–Crippen LogP) is 1.84. The van der Waals surface area contributed by atoms with Crippen molar-refractivity contribution in [3.8, 4) is 0 Å². The molecule has 2 N–H and O–H groups in total. The first-order chi connectivity index (χ1) is 13.2. The molecule has 8 heteroatoms. The van der Waals surface area contributed by atoms with Crippen LogP contribution in [0.2, 0.25) is 0 Å². The maximum absolute atomic E-state index is 4.66. The van der Waals surface area contributed by atoms with E-state index in [0.717, 1.165) is 62.3 Å². The topological polar surface area (TPSA) is 83.3 Å². The van der Waals surface area contributed by atoms with Crippen LogP contribution in [0, 0.1) is 0 Å². The summed E-state index contributed by atoms with van der Waals surface area (Å²) in [5, 5.41) is 14.7. The van der Waals surface area contributed by atoms with Crippen molar-refractivity contribution in [3.63, 3.8) is 0 Å². The van der Waals surface area contributed by atoms with E-state index in [-0.39, 0.29) is 0 Å². The molecule has 0 bridgehead atoms. The molecule has 0 aromatic carbocycles. The molecule has 0 atom stereocenters. The summed E-state index contributed by atoms with van der Waals surface area (Å²) in [6.07, 6.45) is 4.56. The van der Waals surface area contributed by atoms with Crippen molar-refractivity contribution in [2.24, 2.45) is 4.99 Å². The summed E-state index contributed by atoms with van der Waals surface area (Å²) >= 11 is 0. The van der Waals surface area contributed by atoms with E-state index in [2.05, 4.69) is 80.1 Å². The molecule has 0 spiro atoms. The standard InChI is InChI=1S/C19H32N8/c1-5-17-25-24-15-27(17)12-11-21-19(20-6-2)23-14-16-9-10-18(22-13-16)26(7-3)8-4/h9-10,13,15H,5-8,11-12,14H2,1-4H3,(H2,20,21,23). The second-order valence-corrected chi connectivity index (χ2v) is 6.11. The lowest BCUT2D eigenvalue weighted by atomic mass is 10.3. The van der Waals surface area contributed by atoms with Crippen LogP contribution in [0.3, 0.4) is 0 Å². The number of rotatable bonds is 10. The first-order valence-corrected chi connectivity index (χ1v) is 9.80. The number of anilines is 1. The maximum atomic E-state index is 4.66. The van der Waals surface area contributed by atoms with Gasteiger partial charge in [-0.25, -0.2) is 9.98 Å². The van der Waals surface area contributed by atoms with E-state index in [9.17, 15) is 0 Å². The Morgan fingerprint density at radius 3 is 2.59 bits per heavy atom. The Hall–Kier alpha value is -2.64. The molecule has 0 aliphatic carbocycles. The van der Waals surface area contributed by atoms with Gasteiger partial charge in [0.2, 0.25) is 0 Å². The van der Waals surface area contributed by atoms with Crippen molar-refractivity contribution >= 4 is 11.8 Å². The van der Waals surface area contributed by atoms with Gasteiger partial charge in [-0.05, 0) is 32.4 Å². The van der Waals surface area contributed by atoms with Crippen molar-refractivity contribution < 1.29 is 0 Å². The molecule has 148 valence electrons. The van der Waals surface area contributed by atoms with E-state index in [4.69, 9.17) is 0 Å². The number of hydrogen-bond acceptors (Lipinski definition) is 5. The van der Waals surface area contributed by atoms with Crippen LogP contribution in [0.1, 0.15) is 39.1 Å². The van der Waals surface area contributed by atoms with E-state index in [1.54, 1.807) is 6.33 Å². The number of aliphatic imine (C=N–C) groups is 1. The van der Waals surface area contributed by atoms with E-state index in [1.807, 2.05) is 6.20 Å². The largest absolute Gasteiger partial charge is 0.357 e. The molecule has 0 aliphatic heterocycles. The lowest BCUT2D eigenvalue weighted by Gasteiger charge is -2.19. The van der Waals surface area contributed by atoms with E-state index < -0.39 is 0 Å². The fourth-order valence-corrected chi connectivity index (χ4v) is 2.79. The average molecular weight is 373 g/mol. The number of hydrogen-bond donors (Lipinski definition) is 2. The second kappa shape index (κ2) is 11.2. The Bertz CT molecular complexity index is 688. The normalized spacial score (nSPS) is 11.5. The van der Waals surface area contributed by atoms with Crippen molar-refractivity contribution in [1.82, 2.24) is 30.4 Å². The zero-order chi connectivity index (χ0) is 19.5. The second-order valence-electron chi connectivity index (χ2n) is 6.11. The highest BCUT2D eigenvalue weighted by Crippen LogP contribution is 2.11. The minimum Gasteiger partial charge on any atom is -0.357 e. The Morgan fingerprint density at radius 2 is 1.96 bits per heavy atom. The van der Waals surface area contributed by atoms with E-state index in [0.29, 0.717) is 6.54 Å². The van der Waals surface area contributed by atoms with Gasteiger partial charge >= 0.3 is 0 Å². The van der Waals surface area contributed by atoms with Crippen molar-refractivity contribution in [1.29, 1.82) is 0 Å². The van der Waals surface area contributed by atoms with Gasteiger partial charge < -0.3 is 20.1 Å². The summed E-state index contributed by atoms with van der Waals surface area (Å²) in [4.78, 5) is 11.4. The van der Waals surface area contributed by atoms with Crippen LogP contribution in [0.15, 0.2) is 29.6 Å². The number of nitrogens with zero attached hydrogens (tertiary/aromatic N) is 6. The van der Waals surface area contributed by atoms with Crippen LogP contribution < -0.4 is 15.5 Å². The van der Waals surface area contributed by atoms with Crippen molar-refractivity contribution in [3.05, 3.63) is 36.0 Å². The number of nitrogens with one attached hydrogen (secondary N) is 2. The fourth-order valence-electron chi connectivity index (χ4n) is 2.79. The van der Waals surface area contributed by atoms with E-state index in [1.165, 1.54) is 0 Å². The summed E-state index contributed by atoms with van der Waals surface area (Å²) in [5.41, 5.74) is 1.09. The number of guanidine groups is 1. The van der Waals surface area contributed by atoms with Crippen LogP contribution in [0.5, 0.6) is 0 Å². The minimum atomic E-state index is 0.591. The first kappa shape index (κ1) is 20.7. The monoisotopic (exact) mass is 372 g/mol. The Morgan fingerprint density at radius 1 is 1.15 bits per heavy atom. The zero-order valence-corrected chi connectivity index (χ0v) is 16.9. The molecule has 2 heterocycles. The van der Waals surface area contributed by atoms with Crippen LogP contribution in [-0.2, 0) is 19.5 Å². The predicted molar refractivity (Wildman–Crippen MR) is 110 cm³/mol. The van der Waals surface area contributed by atoms with Gasteiger partial charge in [-0.15, -0.1) is 10.2 Å². The zero-order valence-electron chi connectivity index (χ0n) is 16.9. The molecule has 2 rings (SSSR count). The lowest BCUT2D eigenvalue weighted by Crippen LogP contribution is -2.38. The molecule has 0 radical (unpaired) electrons. The highest BCUT2D eigenvalue weighted by atomic mass is 15.3. The van der Waals surface area contributed by atoms with Crippen LogP contribution in [0.4, 0.5) is 5.82 Å². The van der Waals surface area contributed by atoms with E-state index >= 15 is 0 Å². The molecule has 0 amide bonds. The van der Waals surface area contributed by atoms with Crippen LogP contribution >= 0.6 is 0 Å². The Kier molecular flexibility index (Phi) is 8.54. The molecule has 8 nitrogen and oxygen atoms in total. The van der Waals surface area contributed by atoms with Gasteiger partial charge in [-0.3, -0.25) is 0 Å². The van der Waals surface area contributed by atoms with Crippen LogP contribution in [0.25, 0.3) is 0 Å². The SMILES string of the molecule is CCNC(=NCc1ccc(N(CC)CC)nc1)NCCn1cnnc1CC. The van der Waals surface area contributed by atoms with Gasteiger partial charge in [0.05, 0.1) is 6.54 Å².